The van der Waals surface area contributed by atoms with Gasteiger partial charge in [-0.25, -0.2) is 0 Å². The third-order valence-electron chi connectivity index (χ3n) is 1.60. The molecular formula is C10H14OSSe. The Hall–Kier alpha value is 0.0495. The molecule has 3 heteroatoms. The molecule has 1 N–H and O–H groups in total. The maximum atomic E-state index is 9.12. The van der Waals surface area contributed by atoms with E-state index in [0.29, 0.717) is 26.4 Å². The molecule has 0 spiro atoms. The van der Waals surface area contributed by atoms with Crippen LogP contribution < -0.4 is 4.46 Å². The first-order chi connectivity index (χ1) is 6.36. The molecule has 1 atom stereocenters. The fourth-order valence-electron chi connectivity index (χ4n) is 1.00. The van der Waals surface area contributed by atoms with Crippen LogP contribution in [0.3, 0.4) is 0 Å². The molecule has 0 radical (unpaired) electrons. The van der Waals surface area contributed by atoms with E-state index in [1.807, 2.05) is 17.8 Å². The van der Waals surface area contributed by atoms with Gasteiger partial charge in [0, 0.05) is 0 Å². The molecule has 0 fully saturated rings. The van der Waals surface area contributed by atoms with E-state index in [1.54, 1.807) is 0 Å². The average molecular weight is 261 g/mol. The number of rotatable bonds is 5. The molecule has 0 bridgehead atoms. The van der Waals surface area contributed by atoms with Crippen LogP contribution >= 0.6 is 11.8 Å². The topological polar surface area (TPSA) is 20.2 Å². The van der Waals surface area contributed by atoms with Gasteiger partial charge in [-0.15, -0.1) is 0 Å². The van der Waals surface area contributed by atoms with E-state index in [1.165, 1.54) is 4.46 Å². The van der Waals surface area contributed by atoms with Crippen LogP contribution in [-0.4, -0.2) is 38.7 Å². The number of hydrogen-bond donors (Lipinski definition) is 1. The van der Waals surface area contributed by atoms with Gasteiger partial charge in [-0.3, -0.25) is 0 Å². The Morgan fingerprint density at radius 3 is 2.62 bits per heavy atom. The summed E-state index contributed by atoms with van der Waals surface area (Å²) in [6, 6.07) is 10.4. The van der Waals surface area contributed by atoms with Gasteiger partial charge in [0.1, 0.15) is 0 Å². The van der Waals surface area contributed by atoms with Crippen LogP contribution in [0.1, 0.15) is 0 Å². The summed E-state index contributed by atoms with van der Waals surface area (Å²) in [5.74, 6) is 1.06. The van der Waals surface area contributed by atoms with E-state index in [4.69, 9.17) is 5.11 Å². The molecule has 0 aromatic heterocycles. The van der Waals surface area contributed by atoms with Crippen molar-refractivity contribution in [1.29, 1.82) is 0 Å². The number of hydrogen-bond acceptors (Lipinski definition) is 2. The zero-order valence-corrected chi connectivity index (χ0v) is 10.2. The van der Waals surface area contributed by atoms with E-state index < -0.39 is 0 Å². The van der Waals surface area contributed by atoms with Gasteiger partial charge in [-0.2, -0.15) is 0 Å². The van der Waals surface area contributed by atoms with Crippen molar-refractivity contribution in [2.75, 3.05) is 18.6 Å². The first kappa shape index (κ1) is 11.1. The molecule has 0 saturated carbocycles. The number of aliphatic hydroxyl groups is 1. The summed E-state index contributed by atoms with van der Waals surface area (Å²) in [6.45, 7) is 0.315. The van der Waals surface area contributed by atoms with Gasteiger partial charge in [0.2, 0.25) is 0 Å². The fraction of sp³-hybridized carbons (Fsp3) is 0.400. The SMILES string of the molecule is CSC[C@@H](CO)[Se]c1ccccc1. The summed E-state index contributed by atoms with van der Waals surface area (Å²) in [5.41, 5.74) is 0. The Morgan fingerprint density at radius 1 is 1.38 bits per heavy atom. The van der Waals surface area contributed by atoms with E-state index >= 15 is 0 Å². The maximum absolute atomic E-state index is 9.12. The van der Waals surface area contributed by atoms with Gasteiger partial charge in [-0.1, -0.05) is 0 Å². The molecule has 0 aliphatic carbocycles. The summed E-state index contributed by atoms with van der Waals surface area (Å²) < 4.78 is 1.38. The molecular weight excluding hydrogens is 247 g/mol. The molecule has 0 saturated heterocycles. The van der Waals surface area contributed by atoms with Gasteiger partial charge < -0.3 is 0 Å². The minimum absolute atomic E-state index is 0.315. The molecule has 0 amide bonds. The van der Waals surface area contributed by atoms with Crippen LogP contribution in [0.25, 0.3) is 0 Å². The van der Waals surface area contributed by atoms with Gasteiger partial charge in [0.25, 0.3) is 0 Å². The Balaban J connectivity index is 2.46. The van der Waals surface area contributed by atoms with Gasteiger partial charge >= 0.3 is 90.1 Å². The van der Waals surface area contributed by atoms with E-state index in [-0.39, 0.29) is 0 Å². The fourth-order valence-corrected chi connectivity index (χ4v) is 4.45. The Labute approximate surface area is 90.1 Å². The number of benzene rings is 1. The summed E-state index contributed by atoms with van der Waals surface area (Å²) in [5, 5.41) is 9.12. The summed E-state index contributed by atoms with van der Waals surface area (Å²) in [6.07, 6.45) is 2.09. The predicted octanol–water partition coefficient (Wildman–Crippen LogP) is 1.16. The van der Waals surface area contributed by atoms with Gasteiger partial charge in [0.05, 0.1) is 0 Å². The van der Waals surface area contributed by atoms with Crippen molar-refractivity contribution in [3.05, 3.63) is 30.3 Å². The zero-order chi connectivity index (χ0) is 9.52. The molecule has 0 unspecified atom stereocenters. The molecule has 1 nitrogen and oxygen atoms in total. The van der Waals surface area contributed by atoms with Crippen LogP contribution in [0.5, 0.6) is 0 Å². The van der Waals surface area contributed by atoms with E-state index in [0.717, 1.165) is 5.75 Å². The first-order valence-electron chi connectivity index (χ1n) is 4.18. The number of aliphatic hydroxyl groups excluding tert-OH is 1. The summed E-state index contributed by atoms with van der Waals surface area (Å²) in [4.78, 5) is 0.463. The second-order valence-corrected chi connectivity index (χ2v) is 6.48. The molecule has 1 rings (SSSR count). The van der Waals surface area contributed by atoms with E-state index in [9.17, 15) is 0 Å². The van der Waals surface area contributed by atoms with Crippen LogP contribution in [0.15, 0.2) is 30.3 Å². The molecule has 0 heterocycles. The van der Waals surface area contributed by atoms with Crippen LogP contribution in [-0.2, 0) is 0 Å². The zero-order valence-electron chi connectivity index (χ0n) is 7.64. The van der Waals surface area contributed by atoms with Crippen molar-refractivity contribution in [3.8, 4) is 0 Å². The molecule has 1 aromatic rings. The predicted molar refractivity (Wildman–Crippen MR) is 61.0 cm³/mol. The monoisotopic (exact) mass is 262 g/mol. The van der Waals surface area contributed by atoms with Crippen molar-refractivity contribution in [3.63, 3.8) is 0 Å². The summed E-state index contributed by atoms with van der Waals surface area (Å²) >= 11 is 2.22. The quantitative estimate of drug-likeness (QED) is 0.803. The van der Waals surface area contributed by atoms with Crippen molar-refractivity contribution in [2.24, 2.45) is 0 Å². The van der Waals surface area contributed by atoms with Crippen molar-refractivity contribution >= 4 is 31.2 Å². The van der Waals surface area contributed by atoms with Crippen LogP contribution in [0.4, 0.5) is 0 Å². The van der Waals surface area contributed by atoms with Crippen molar-refractivity contribution in [1.82, 2.24) is 0 Å². The third-order valence-corrected chi connectivity index (χ3v) is 5.32. The van der Waals surface area contributed by atoms with Gasteiger partial charge in [0.15, 0.2) is 0 Å². The standard InChI is InChI=1S/C10H14OSSe/c1-12-8-10(7-11)13-9-5-3-2-4-6-9/h2-6,10-11H,7-8H2,1H3/t10-/m1/s1. The first-order valence-corrected chi connectivity index (χ1v) is 7.42. The minimum atomic E-state index is 0.315. The Bertz CT molecular complexity index is 228. The third kappa shape index (κ3) is 4.19. The second kappa shape index (κ2) is 6.50. The van der Waals surface area contributed by atoms with Crippen molar-refractivity contribution < 1.29 is 5.11 Å². The molecule has 72 valence electrons. The molecule has 1 aromatic carbocycles. The molecule has 13 heavy (non-hydrogen) atoms. The summed E-state index contributed by atoms with van der Waals surface area (Å²) in [7, 11) is 0. The van der Waals surface area contributed by atoms with Crippen molar-refractivity contribution in [2.45, 2.75) is 4.82 Å². The van der Waals surface area contributed by atoms with Crippen LogP contribution in [0, 0.1) is 0 Å². The molecule has 0 aliphatic heterocycles. The average Bonchev–Trinajstić information content (AvgIpc) is 2.19. The second-order valence-electron chi connectivity index (χ2n) is 2.69. The molecule has 0 aliphatic rings. The van der Waals surface area contributed by atoms with Gasteiger partial charge in [-0.05, 0) is 0 Å². The Morgan fingerprint density at radius 2 is 2.08 bits per heavy atom. The Kier molecular flexibility index (Phi) is 5.56. The number of thioether (sulfide) groups is 1. The van der Waals surface area contributed by atoms with E-state index in [2.05, 4.69) is 30.5 Å². The van der Waals surface area contributed by atoms with Crippen LogP contribution in [0.2, 0.25) is 4.82 Å². The normalized spacial score (nSPS) is 12.8.